The van der Waals surface area contributed by atoms with Crippen LogP contribution in [0.25, 0.3) is 0 Å². The second-order valence-corrected chi connectivity index (χ2v) is 3.73. The third kappa shape index (κ3) is 2.18. The first-order chi connectivity index (χ1) is 7.69. The molecular formula is C11H15N5. The van der Waals surface area contributed by atoms with Crippen molar-refractivity contribution in [2.75, 3.05) is 5.32 Å². The van der Waals surface area contributed by atoms with E-state index in [4.69, 9.17) is 0 Å². The van der Waals surface area contributed by atoms with Gasteiger partial charge in [0.2, 0.25) is 5.95 Å². The van der Waals surface area contributed by atoms with Crippen molar-refractivity contribution in [1.29, 1.82) is 0 Å². The Hall–Kier alpha value is -1.91. The van der Waals surface area contributed by atoms with Crippen LogP contribution in [0.2, 0.25) is 0 Å². The molecule has 2 aromatic heterocycles. The number of hydrogen-bond acceptors (Lipinski definition) is 4. The van der Waals surface area contributed by atoms with E-state index in [0.717, 1.165) is 23.4 Å². The monoisotopic (exact) mass is 217 g/mol. The summed E-state index contributed by atoms with van der Waals surface area (Å²) in [5.74, 6) is 0.605. The van der Waals surface area contributed by atoms with Crippen molar-refractivity contribution in [3.05, 3.63) is 29.8 Å². The highest BCUT2D eigenvalue weighted by Crippen LogP contribution is 2.17. The van der Waals surface area contributed by atoms with E-state index in [1.54, 1.807) is 17.1 Å². The van der Waals surface area contributed by atoms with E-state index in [9.17, 15) is 0 Å². The number of nitrogens with one attached hydrogen (secondary N) is 1. The Kier molecular flexibility index (Phi) is 2.85. The van der Waals surface area contributed by atoms with Crippen molar-refractivity contribution in [3.8, 4) is 0 Å². The average molecular weight is 217 g/mol. The molecule has 2 heterocycles. The number of aromatic nitrogens is 4. The highest BCUT2D eigenvalue weighted by Gasteiger charge is 2.06. The summed E-state index contributed by atoms with van der Waals surface area (Å²) in [5, 5.41) is 7.51. The first kappa shape index (κ1) is 10.6. The van der Waals surface area contributed by atoms with Crippen molar-refractivity contribution < 1.29 is 0 Å². The van der Waals surface area contributed by atoms with Crippen LogP contribution in [0.15, 0.2) is 18.6 Å². The standard InChI is InChI=1S/C11H15N5/c1-4-9-10(7-16(3)15-9)14-11-12-5-8(2)6-13-11/h5-7H,4H2,1-3H3,(H,12,13,14). The molecule has 0 aliphatic heterocycles. The fraction of sp³-hybridized carbons (Fsp3) is 0.364. The van der Waals surface area contributed by atoms with Gasteiger partial charge in [-0.2, -0.15) is 5.10 Å². The fourth-order valence-electron chi connectivity index (χ4n) is 1.48. The van der Waals surface area contributed by atoms with E-state index >= 15 is 0 Å². The van der Waals surface area contributed by atoms with Gasteiger partial charge >= 0.3 is 0 Å². The van der Waals surface area contributed by atoms with Crippen molar-refractivity contribution in [3.63, 3.8) is 0 Å². The van der Waals surface area contributed by atoms with Crippen LogP contribution in [0.4, 0.5) is 11.6 Å². The molecule has 0 spiro atoms. The largest absolute Gasteiger partial charge is 0.321 e. The summed E-state index contributed by atoms with van der Waals surface area (Å²) in [6.45, 7) is 4.04. The quantitative estimate of drug-likeness (QED) is 0.852. The van der Waals surface area contributed by atoms with Gasteiger partial charge in [-0.25, -0.2) is 9.97 Å². The summed E-state index contributed by atoms with van der Waals surface area (Å²) in [5.41, 5.74) is 3.04. The van der Waals surface area contributed by atoms with Gasteiger partial charge < -0.3 is 5.32 Å². The van der Waals surface area contributed by atoms with Crippen LogP contribution in [0, 0.1) is 6.92 Å². The summed E-state index contributed by atoms with van der Waals surface area (Å²) >= 11 is 0. The van der Waals surface area contributed by atoms with Crippen LogP contribution in [0.3, 0.4) is 0 Å². The highest BCUT2D eigenvalue weighted by atomic mass is 15.3. The second-order valence-electron chi connectivity index (χ2n) is 3.73. The zero-order chi connectivity index (χ0) is 11.5. The van der Waals surface area contributed by atoms with E-state index in [2.05, 4.69) is 27.3 Å². The van der Waals surface area contributed by atoms with Gasteiger partial charge in [-0.1, -0.05) is 6.92 Å². The number of anilines is 2. The maximum absolute atomic E-state index is 4.34. The normalized spacial score (nSPS) is 10.4. The highest BCUT2D eigenvalue weighted by molar-refractivity contribution is 5.55. The molecule has 1 N–H and O–H groups in total. The summed E-state index contributed by atoms with van der Waals surface area (Å²) in [6, 6.07) is 0. The van der Waals surface area contributed by atoms with Gasteiger partial charge in [0.15, 0.2) is 0 Å². The lowest BCUT2D eigenvalue weighted by Crippen LogP contribution is -1.98. The maximum Gasteiger partial charge on any atom is 0.227 e. The Morgan fingerprint density at radius 2 is 2.00 bits per heavy atom. The van der Waals surface area contributed by atoms with E-state index in [1.165, 1.54) is 0 Å². The Morgan fingerprint density at radius 1 is 1.31 bits per heavy atom. The van der Waals surface area contributed by atoms with Crippen LogP contribution in [-0.2, 0) is 13.5 Å². The number of aryl methyl sites for hydroxylation is 3. The minimum Gasteiger partial charge on any atom is -0.321 e. The molecule has 5 heteroatoms. The molecule has 0 saturated heterocycles. The van der Waals surface area contributed by atoms with Crippen molar-refractivity contribution in [2.45, 2.75) is 20.3 Å². The van der Waals surface area contributed by atoms with Crippen molar-refractivity contribution >= 4 is 11.6 Å². The van der Waals surface area contributed by atoms with Crippen LogP contribution in [0.5, 0.6) is 0 Å². The molecule has 0 radical (unpaired) electrons. The summed E-state index contributed by atoms with van der Waals surface area (Å²) in [4.78, 5) is 8.40. The van der Waals surface area contributed by atoms with Crippen LogP contribution in [0.1, 0.15) is 18.2 Å². The predicted octanol–water partition coefficient (Wildman–Crippen LogP) is 1.82. The lowest BCUT2D eigenvalue weighted by Gasteiger charge is -2.02. The van der Waals surface area contributed by atoms with Crippen LogP contribution < -0.4 is 5.32 Å². The van der Waals surface area contributed by atoms with Crippen molar-refractivity contribution in [1.82, 2.24) is 19.7 Å². The van der Waals surface area contributed by atoms with Crippen LogP contribution in [-0.4, -0.2) is 19.7 Å². The zero-order valence-electron chi connectivity index (χ0n) is 9.73. The van der Waals surface area contributed by atoms with Gasteiger partial charge in [-0.15, -0.1) is 0 Å². The van der Waals surface area contributed by atoms with Gasteiger partial charge in [0.1, 0.15) is 0 Å². The zero-order valence-corrected chi connectivity index (χ0v) is 9.73. The molecule has 2 rings (SSSR count). The minimum absolute atomic E-state index is 0.605. The fourth-order valence-corrected chi connectivity index (χ4v) is 1.48. The third-order valence-corrected chi connectivity index (χ3v) is 2.27. The third-order valence-electron chi connectivity index (χ3n) is 2.27. The lowest BCUT2D eigenvalue weighted by atomic mass is 10.3. The van der Waals surface area contributed by atoms with Gasteiger partial charge in [-0.3, -0.25) is 4.68 Å². The van der Waals surface area contributed by atoms with Gasteiger partial charge in [0, 0.05) is 25.6 Å². The Bertz CT molecular complexity index is 472. The SMILES string of the molecule is CCc1nn(C)cc1Nc1ncc(C)cn1. The number of hydrogen-bond donors (Lipinski definition) is 1. The maximum atomic E-state index is 4.34. The Morgan fingerprint density at radius 3 is 2.62 bits per heavy atom. The predicted molar refractivity (Wildman–Crippen MR) is 62.6 cm³/mol. The van der Waals surface area contributed by atoms with E-state index < -0.39 is 0 Å². The minimum atomic E-state index is 0.605. The molecule has 16 heavy (non-hydrogen) atoms. The topological polar surface area (TPSA) is 55.6 Å². The molecule has 0 aromatic carbocycles. The van der Waals surface area contributed by atoms with E-state index in [-0.39, 0.29) is 0 Å². The summed E-state index contributed by atoms with van der Waals surface area (Å²) < 4.78 is 1.79. The van der Waals surface area contributed by atoms with Gasteiger partial charge in [0.05, 0.1) is 11.4 Å². The Balaban J connectivity index is 2.22. The average Bonchev–Trinajstić information content (AvgIpc) is 2.62. The smallest absolute Gasteiger partial charge is 0.227 e. The number of nitrogens with zero attached hydrogens (tertiary/aromatic N) is 4. The molecule has 5 nitrogen and oxygen atoms in total. The molecular weight excluding hydrogens is 202 g/mol. The molecule has 0 atom stereocenters. The molecule has 2 aromatic rings. The summed E-state index contributed by atoms with van der Waals surface area (Å²) in [7, 11) is 1.90. The molecule has 84 valence electrons. The number of rotatable bonds is 3. The first-order valence-electron chi connectivity index (χ1n) is 5.27. The molecule has 0 unspecified atom stereocenters. The van der Waals surface area contributed by atoms with E-state index in [1.807, 2.05) is 20.2 Å². The second kappa shape index (κ2) is 4.30. The van der Waals surface area contributed by atoms with Gasteiger partial charge in [-0.05, 0) is 18.9 Å². The molecule has 0 aliphatic carbocycles. The van der Waals surface area contributed by atoms with Crippen molar-refractivity contribution in [2.24, 2.45) is 7.05 Å². The van der Waals surface area contributed by atoms with Crippen LogP contribution >= 0.6 is 0 Å². The lowest BCUT2D eigenvalue weighted by molar-refractivity contribution is 0.746. The first-order valence-corrected chi connectivity index (χ1v) is 5.27. The van der Waals surface area contributed by atoms with Gasteiger partial charge in [0.25, 0.3) is 0 Å². The molecule has 0 fully saturated rings. The molecule has 0 bridgehead atoms. The molecule has 0 saturated carbocycles. The molecule has 0 aliphatic rings. The Labute approximate surface area is 94.5 Å². The molecule has 0 amide bonds. The van der Waals surface area contributed by atoms with E-state index in [0.29, 0.717) is 5.95 Å². The summed E-state index contributed by atoms with van der Waals surface area (Å²) in [6.07, 6.45) is 6.39.